The lowest BCUT2D eigenvalue weighted by atomic mass is 10.1. The number of carbonyl (C=O) groups excluding carboxylic acids is 1. The molecule has 1 rings (SSSR count). The Labute approximate surface area is 97.7 Å². The summed E-state index contributed by atoms with van der Waals surface area (Å²) in [6.45, 7) is 2.98. The van der Waals surface area contributed by atoms with E-state index < -0.39 is 0 Å². The maximum absolute atomic E-state index is 10.8. The van der Waals surface area contributed by atoms with E-state index in [1.165, 1.54) is 7.11 Å². The molecule has 0 aliphatic carbocycles. The highest BCUT2D eigenvalue weighted by atomic mass is 16.5. The first-order valence-electron chi connectivity index (χ1n) is 6.22. The molecule has 4 nitrogen and oxygen atoms in total. The van der Waals surface area contributed by atoms with Gasteiger partial charge in [0.1, 0.15) is 0 Å². The van der Waals surface area contributed by atoms with Gasteiger partial charge in [-0.25, -0.2) is 0 Å². The molecule has 0 saturated carbocycles. The van der Waals surface area contributed by atoms with Gasteiger partial charge in [0.2, 0.25) is 0 Å². The zero-order valence-electron chi connectivity index (χ0n) is 10.2. The van der Waals surface area contributed by atoms with Crippen molar-refractivity contribution in [1.82, 2.24) is 5.32 Å². The molecule has 4 heteroatoms. The number of unbranched alkanes of at least 4 members (excludes halogenated alkanes) is 2. The van der Waals surface area contributed by atoms with E-state index >= 15 is 0 Å². The van der Waals surface area contributed by atoms with Gasteiger partial charge in [0, 0.05) is 13.0 Å². The van der Waals surface area contributed by atoms with Gasteiger partial charge in [-0.05, 0) is 38.8 Å². The summed E-state index contributed by atoms with van der Waals surface area (Å²) >= 11 is 0. The lowest BCUT2D eigenvalue weighted by Crippen LogP contribution is -2.32. The molecule has 0 radical (unpaired) electrons. The van der Waals surface area contributed by atoms with E-state index in [2.05, 4.69) is 10.1 Å². The van der Waals surface area contributed by atoms with Crippen molar-refractivity contribution >= 4 is 5.97 Å². The number of hydrogen-bond donors (Lipinski definition) is 1. The predicted octanol–water partition coefficient (Wildman–Crippen LogP) is 1.49. The molecular weight excluding hydrogens is 206 g/mol. The summed E-state index contributed by atoms with van der Waals surface area (Å²) < 4.78 is 10.3. The molecule has 0 unspecified atom stereocenters. The smallest absolute Gasteiger partial charge is 0.305 e. The van der Waals surface area contributed by atoms with Crippen molar-refractivity contribution in [2.24, 2.45) is 0 Å². The van der Waals surface area contributed by atoms with Crippen LogP contribution in [0.4, 0.5) is 0 Å². The Bertz CT molecular complexity index is 191. The van der Waals surface area contributed by atoms with Crippen LogP contribution in [0.2, 0.25) is 0 Å². The zero-order valence-corrected chi connectivity index (χ0v) is 10.2. The first-order valence-corrected chi connectivity index (χ1v) is 6.22. The number of ether oxygens (including phenoxy) is 2. The summed E-state index contributed by atoms with van der Waals surface area (Å²) in [5.41, 5.74) is 0. The summed E-state index contributed by atoms with van der Waals surface area (Å²) in [6.07, 6.45) is 6.22. The number of nitrogens with one attached hydrogen (secondary N) is 1. The molecule has 1 aliphatic heterocycles. The van der Waals surface area contributed by atoms with Crippen LogP contribution in [-0.4, -0.2) is 38.9 Å². The van der Waals surface area contributed by atoms with Crippen molar-refractivity contribution in [2.75, 3.05) is 26.8 Å². The fourth-order valence-electron chi connectivity index (χ4n) is 1.86. The van der Waals surface area contributed by atoms with E-state index in [0.29, 0.717) is 12.5 Å². The highest BCUT2D eigenvalue weighted by molar-refractivity contribution is 5.68. The van der Waals surface area contributed by atoms with E-state index in [0.717, 1.165) is 51.8 Å². The highest BCUT2D eigenvalue weighted by Crippen LogP contribution is 2.09. The van der Waals surface area contributed by atoms with E-state index in [-0.39, 0.29) is 5.97 Å². The van der Waals surface area contributed by atoms with Gasteiger partial charge in [-0.1, -0.05) is 6.42 Å². The molecule has 0 atom stereocenters. The Kier molecular flexibility index (Phi) is 7.17. The van der Waals surface area contributed by atoms with Gasteiger partial charge in [0.25, 0.3) is 0 Å². The highest BCUT2D eigenvalue weighted by Gasteiger charge is 2.12. The van der Waals surface area contributed by atoms with Crippen LogP contribution in [0.25, 0.3) is 0 Å². The number of piperidine rings is 1. The Balaban J connectivity index is 1.85. The van der Waals surface area contributed by atoms with E-state index in [1.54, 1.807) is 0 Å². The van der Waals surface area contributed by atoms with Crippen LogP contribution >= 0.6 is 0 Å². The van der Waals surface area contributed by atoms with E-state index in [9.17, 15) is 4.79 Å². The second-order valence-corrected chi connectivity index (χ2v) is 4.21. The van der Waals surface area contributed by atoms with Crippen LogP contribution in [0, 0.1) is 0 Å². The monoisotopic (exact) mass is 229 g/mol. The van der Waals surface area contributed by atoms with Crippen molar-refractivity contribution in [3.8, 4) is 0 Å². The molecule has 1 aliphatic rings. The predicted molar refractivity (Wildman–Crippen MR) is 62.3 cm³/mol. The quantitative estimate of drug-likeness (QED) is 0.531. The largest absolute Gasteiger partial charge is 0.469 e. The second-order valence-electron chi connectivity index (χ2n) is 4.21. The van der Waals surface area contributed by atoms with Gasteiger partial charge >= 0.3 is 5.97 Å². The van der Waals surface area contributed by atoms with Crippen LogP contribution in [0.1, 0.15) is 38.5 Å². The molecule has 94 valence electrons. The first kappa shape index (κ1) is 13.5. The molecule has 0 amide bonds. The van der Waals surface area contributed by atoms with Gasteiger partial charge in [0.15, 0.2) is 0 Å². The van der Waals surface area contributed by atoms with Gasteiger partial charge in [0.05, 0.1) is 13.2 Å². The summed E-state index contributed by atoms with van der Waals surface area (Å²) in [7, 11) is 1.43. The van der Waals surface area contributed by atoms with Crippen LogP contribution in [0.3, 0.4) is 0 Å². The maximum Gasteiger partial charge on any atom is 0.305 e. The van der Waals surface area contributed by atoms with Crippen molar-refractivity contribution in [3.05, 3.63) is 0 Å². The van der Waals surface area contributed by atoms with Crippen LogP contribution in [0.5, 0.6) is 0 Å². The Morgan fingerprint density at radius 2 is 2.00 bits per heavy atom. The second kappa shape index (κ2) is 8.53. The summed E-state index contributed by atoms with van der Waals surface area (Å²) in [6, 6.07) is 0. The fraction of sp³-hybridized carbons (Fsp3) is 0.917. The normalized spacial score (nSPS) is 17.3. The molecule has 1 fully saturated rings. The lowest BCUT2D eigenvalue weighted by Gasteiger charge is -2.22. The van der Waals surface area contributed by atoms with Gasteiger partial charge in [-0.15, -0.1) is 0 Å². The number of methoxy groups -OCH3 is 1. The van der Waals surface area contributed by atoms with Gasteiger partial charge in [-0.2, -0.15) is 0 Å². The van der Waals surface area contributed by atoms with Crippen LogP contribution in [-0.2, 0) is 14.3 Å². The Hall–Kier alpha value is -0.610. The molecule has 1 N–H and O–H groups in total. The molecule has 1 heterocycles. The molecule has 0 aromatic rings. The van der Waals surface area contributed by atoms with Crippen LogP contribution in [0.15, 0.2) is 0 Å². The average molecular weight is 229 g/mol. The fourth-order valence-corrected chi connectivity index (χ4v) is 1.86. The Morgan fingerprint density at radius 3 is 2.69 bits per heavy atom. The molecule has 1 saturated heterocycles. The molecule has 0 aromatic heterocycles. The minimum atomic E-state index is -0.112. The number of carbonyl (C=O) groups is 1. The zero-order chi connectivity index (χ0) is 11.6. The third-order valence-corrected chi connectivity index (χ3v) is 2.89. The molecule has 16 heavy (non-hydrogen) atoms. The van der Waals surface area contributed by atoms with Gasteiger partial charge < -0.3 is 14.8 Å². The topological polar surface area (TPSA) is 47.6 Å². The van der Waals surface area contributed by atoms with E-state index in [1.807, 2.05) is 0 Å². The number of rotatable bonds is 7. The molecule has 0 spiro atoms. The average Bonchev–Trinajstić information content (AvgIpc) is 2.34. The van der Waals surface area contributed by atoms with Gasteiger partial charge in [-0.3, -0.25) is 4.79 Å². The van der Waals surface area contributed by atoms with Crippen molar-refractivity contribution in [1.29, 1.82) is 0 Å². The van der Waals surface area contributed by atoms with Crippen molar-refractivity contribution in [2.45, 2.75) is 44.6 Å². The lowest BCUT2D eigenvalue weighted by molar-refractivity contribution is -0.140. The number of esters is 1. The molecular formula is C12H23NO3. The third kappa shape index (κ3) is 6.08. The van der Waals surface area contributed by atoms with Crippen molar-refractivity contribution in [3.63, 3.8) is 0 Å². The van der Waals surface area contributed by atoms with Crippen LogP contribution < -0.4 is 5.32 Å². The first-order chi connectivity index (χ1) is 7.83. The minimum Gasteiger partial charge on any atom is -0.469 e. The maximum atomic E-state index is 10.8. The standard InChI is InChI=1S/C12H23NO3/c1-15-12(14)5-3-2-4-10-16-11-6-8-13-9-7-11/h11,13H,2-10H2,1H3. The summed E-state index contributed by atoms with van der Waals surface area (Å²) in [5.74, 6) is -0.112. The number of hydrogen-bond acceptors (Lipinski definition) is 4. The molecule has 0 aromatic carbocycles. The third-order valence-electron chi connectivity index (χ3n) is 2.89. The van der Waals surface area contributed by atoms with E-state index in [4.69, 9.17) is 4.74 Å². The van der Waals surface area contributed by atoms with Crippen molar-refractivity contribution < 1.29 is 14.3 Å². The molecule has 0 bridgehead atoms. The Morgan fingerprint density at radius 1 is 1.25 bits per heavy atom. The summed E-state index contributed by atoms with van der Waals surface area (Å²) in [4.78, 5) is 10.8. The minimum absolute atomic E-state index is 0.112. The SMILES string of the molecule is COC(=O)CCCCCOC1CCNCC1. The summed E-state index contributed by atoms with van der Waals surface area (Å²) in [5, 5.41) is 3.31.